The molecule has 1 aromatic rings. The number of aliphatic hydroxyl groups is 1. The summed E-state index contributed by atoms with van der Waals surface area (Å²) in [5, 5.41) is 13.0. The van der Waals surface area contributed by atoms with Crippen molar-refractivity contribution in [1.82, 2.24) is 13.9 Å². The Kier molecular flexibility index (Phi) is 4.26. The number of hydrogen-bond donors (Lipinski definition) is 2. The van der Waals surface area contributed by atoms with Crippen LogP contribution in [0.4, 0.5) is 0 Å². The molecule has 7 heteroatoms. The molecule has 2 unspecified atom stereocenters. The van der Waals surface area contributed by atoms with Crippen LogP contribution in [0.5, 0.6) is 0 Å². The molecule has 2 N–H and O–H groups in total. The summed E-state index contributed by atoms with van der Waals surface area (Å²) in [6, 6.07) is 9.57. The first-order valence-electron chi connectivity index (χ1n) is 7.55. The molecule has 0 saturated carbocycles. The third kappa shape index (κ3) is 2.68. The fourth-order valence-electron chi connectivity index (χ4n) is 3.49. The second kappa shape index (κ2) is 5.90. The van der Waals surface area contributed by atoms with Crippen LogP contribution in [0.15, 0.2) is 30.3 Å². The van der Waals surface area contributed by atoms with E-state index in [1.54, 1.807) is 7.05 Å². The second-order valence-corrected chi connectivity index (χ2v) is 8.43. The summed E-state index contributed by atoms with van der Waals surface area (Å²) in [7, 11) is -1.89. The van der Waals surface area contributed by atoms with Gasteiger partial charge in [-0.15, -0.1) is 0 Å². The monoisotopic (exact) mass is 325 g/mol. The van der Waals surface area contributed by atoms with Gasteiger partial charge in [-0.05, 0) is 18.0 Å². The molecule has 2 aliphatic heterocycles. The number of nitrogens with one attached hydrogen (secondary N) is 1. The minimum absolute atomic E-state index is 0.0269. The van der Waals surface area contributed by atoms with Gasteiger partial charge in [0.25, 0.3) is 10.2 Å². The lowest BCUT2D eigenvalue weighted by Crippen LogP contribution is -2.43. The van der Waals surface area contributed by atoms with E-state index in [1.807, 2.05) is 30.3 Å². The zero-order valence-corrected chi connectivity index (χ0v) is 13.6. The van der Waals surface area contributed by atoms with Crippen molar-refractivity contribution in [3.63, 3.8) is 0 Å². The Bertz CT molecular complexity index is 622. The molecule has 0 bridgehead atoms. The molecule has 0 aromatic heterocycles. The van der Waals surface area contributed by atoms with Crippen molar-refractivity contribution >= 4 is 10.2 Å². The highest BCUT2D eigenvalue weighted by Crippen LogP contribution is 2.40. The molecule has 0 aliphatic carbocycles. The average Bonchev–Trinajstić information content (AvgIpc) is 3.05. The van der Waals surface area contributed by atoms with E-state index in [4.69, 9.17) is 0 Å². The van der Waals surface area contributed by atoms with Crippen LogP contribution < -0.4 is 5.32 Å². The van der Waals surface area contributed by atoms with Crippen LogP contribution in [-0.4, -0.2) is 62.0 Å². The van der Waals surface area contributed by atoms with E-state index in [9.17, 15) is 13.5 Å². The Morgan fingerprint density at radius 3 is 2.77 bits per heavy atom. The molecule has 2 heterocycles. The fourth-order valence-corrected chi connectivity index (χ4v) is 4.99. The lowest BCUT2D eigenvalue weighted by atomic mass is 9.82. The first-order valence-corrected chi connectivity index (χ1v) is 8.94. The van der Waals surface area contributed by atoms with Crippen LogP contribution in [-0.2, 0) is 16.8 Å². The Morgan fingerprint density at radius 1 is 1.41 bits per heavy atom. The molecular formula is C15H23N3O3S. The Balaban J connectivity index is 1.74. The van der Waals surface area contributed by atoms with Crippen LogP contribution in [0.2, 0.25) is 0 Å². The van der Waals surface area contributed by atoms with Gasteiger partial charge in [-0.25, -0.2) is 0 Å². The highest BCUT2D eigenvalue weighted by atomic mass is 32.2. The molecule has 2 atom stereocenters. The molecule has 1 aromatic carbocycles. The van der Waals surface area contributed by atoms with Gasteiger partial charge in [0.2, 0.25) is 0 Å². The minimum Gasteiger partial charge on any atom is -0.396 e. The van der Waals surface area contributed by atoms with Crippen molar-refractivity contribution < 1.29 is 13.5 Å². The normalized spacial score (nSPS) is 29.1. The van der Waals surface area contributed by atoms with Crippen LogP contribution in [0.1, 0.15) is 5.56 Å². The maximum absolute atomic E-state index is 12.8. The van der Waals surface area contributed by atoms with E-state index >= 15 is 0 Å². The molecule has 3 rings (SSSR count). The average molecular weight is 325 g/mol. The summed E-state index contributed by atoms with van der Waals surface area (Å²) in [5.74, 6) is 0.192. The molecule has 122 valence electrons. The predicted octanol–water partition coefficient (Wildman–Crippen LogP) is -0.123. The number of hydrogen-bond acceptors (Lipinski definition) is 4. The Labute approximate surface area is 131 Å². The van der Waals surface area contributed by atoms with Crippen LogP contribution in [0.3, 0.4) is 0 Å². The lowest BCUT2D eigenvalue weighted by molar-refractivity contribution is 0.130. The number of aliphatic hydroxyl groups excluding tert-OH is 1. The second-order valence-electron chi connectivity index (χ2n) is 6.39. The van der Waals surface area contributed by atoms with Crippen LogP contribution in [0, 0.1) is 11.3 Å². The molecule has 6 nitrogen and oxygen atoms in total. The van der Waals surface area contributed by atoms with E-state index < -0.39 is 10.2 Å². The molecule has 0 spiro atoms. The van der Waals surface area contributed by atoms with Crippen molar-refractivity contribution in [3.05, 3.63) is 35.9 Å². The summed E-state index contributed by atoms with van der Waals surface area (Å²) < 4.78 is 28.5. The molecule has 2 saturated heterocycles. The highest BCUT2D eigenvalue weighted by molar-refractivity contribution is 7.86. The maximum atomic E-state index is 12.8. The first kappa shape index (κ1) is 15.9. The smallest absolute Gasteiger partial charge is 0.282 e. The number of nitrogens with zero attached hydrogens (tertiary/aromatic N) is 2. The van der Waals surface area contributed by atoms with Gasteiger partial charge in [0.1, 0.15) is 0 Å². The van der Waals surface area contributed by atoms with Gasteiger partial charge in [0.05, 0.1) is 6.61 Å². The third-order valence-corrected chi connectivity index (χ3v) is 6.78. The molecule has 22 heavy (non-hydrogen) atoms. The number of rotatable bonds is 5. The SMILES string of the molecule is CN(Cc1ccccc1)S(=O)(=O)N1CC2CNCC2(CO)C1. The quantitative estimate of drug-likeness (QED) is 0.791. The van der Waals surface area contributed by atoms with Gasteiger partial charge in [-0.2, -0.15) is 17.0 Å². The van der Waals surface area contributed by atoms with Gasteiger partial charge in [0, 0.05) is 38.6 Å². The van der Waals surface area contributed by atoms with Gasteiger partial charge in [-0.3, -0.25) is 0 Å². The Hall–Kier alpha value is -0.990. The summed E-state index contributed by atoms with van der Waals surface area (Å²) in [6.45, 7) is 2.71. The van der Waals surface area contributed by atoms with Crippen molar-refractivity contribution in [1.29, 1.82) is 0 Å². The fraction of sp³-hybridized carbons (Fsp3) is 0.600. The predicted molar refractivity (Wildman–Crippen MR) is 84.3 cm³/mol. The summed E-state index contributed by atoms with van der Waals surface area (Å²) >= 11 is 0. The van der Waals surface area contributed by atoms with E-state index in [2.05, 4.69) is 5.32 Å². The van der Waals surface area contributed by atoms with Crippen molar-refractivity contribution in [2.75, 3.05) is 39.8 Å². The van der Waals surface area contributed by atoms with Crippen molar-refractivity contribution in [3.8, 4) is 0 Å². The van der Waals surface area contributed by atoms with E-state index in [0.717, 1.165) is 12.1 Å². The van der Waals surface area contributed by atoms with Gasteiger partial charge < -0.3 is 10.4 Å². The van der Waals surface area contributed by atoms with Gasteiger partial charge in [-0.1, -0.05) is 30.3 Å². The van der Waals surface area contributed by atoms with E-state index in [-0.39, 0.29) is 17.9 Å². The number of fused-ring (bicyclic) bond motifs is 1. The van der Waals surface area contributed by atoms with Crippen LogP contribution in [0.25, 0.3) is 0 Å². The highest BCUT2D eigenvalue weighted by Gasteiger charge is 2.52. The zero-order valence-electron chi connectivity index (χ0n) is 12.8. The van der Waals surface area contributed by atoms with Gasteiger partial charge in [0.15, 0.2) is 0 Å². The first-order chi connectivity index (χ1) is 10.5. The van der Waals surface area contributed by atoms with Crippen LogP contribution >= 0.6 is 0 Å². The standard InChI is InChI=1S/C15H23N3O3S/c1-17(8-13-5-3-2-4-6-13)22(20,21)18-9-14-7-16-10-15(14,11-18)12-19/h2-6,14,16,19H,7-12H2,1H3. The third-order valence-electron chi connectivity index (χ3n) is 4.93. The minimum atomic E-state index is -3.50. The van der Waals surface area contributed by atoms with E-state index in [0.29, 0.717) is 26.2 Å². The summed E-state index contributed by atoms with van der Waals surface area (Å²) in [6.07, 6.45) is 0. The molecule has 2 fully saturated rings. The molecule has 2 aliphatic rings. The molecular weight excluding hydrogens is 302 g/mol. The topological polar surface area (TPSA) is 72.9 Å². The maximum Gasteiger partial charge on any atom is 0.282 e. The lowest BCUT2D eigenvalue weighted by Gasteiger charge is -2.27. The zero-order chi connectivity index (χ0) is 15.8. The largest absolute Gasteiger partial charge is 0.396 e. The summed E-state index contributed by atoms with van der Waals surface area (Å²) in [5.41, 5.74) is 0.646. The molecule has 0 amide bonds. The number of benzene rings is 1. The van der Waals surface area contributed by atoms with Gasteiger partial charge >= 0.3 is 0 Å². The molecule has 0 radical (unpaired) electrons. The Morgan fingerprint density at radius 2 is 2.14 bits per heavy atom. The van der Waals surface area contributed by atoms with E-state index in [1.165, 1.54) is 8.61 Å². The summed E-state index contributed by atoms with van der Waals surface area (Å²) in [4.78, 5) is 0. The van der Waals surface area contributed by atoms with Crippen molar-refractivity contribution in [2.24, 2.45) is 11.3 Å². The van der Waals surface area contributed by atoms with Crippen molar-refractivity contribution in [2.45, 2.75) is 6.54 Å².